The normalized spacial score (nSPS) is 15.3. The van der Waals surface area contributed by atoms with Crippen molar-refractivity contribution in [3.8, 4) is 0 Å². The highest BCUT2D eigenvalue weighted by Gasteiger charge is 2.20. The van der Waals surface area contributed by atoms with Crippen molar-refractivity contribution in [2.45, 2.75) is 0 Å². The fourth-order valence-electron chi connectivity index (χ4n) is 2.54. The first kappa shape index (κ1) is 14.1. The monoisotopic (exact) mass is 350 g/mol. The number of piperazine rings is 1. The van der Waals surface area contributed by atoms with Gasteiger partial charge in [-0.2, -0.15) is 0 Å². The Morgan fingerprint density at radius 1 is 1.05 bits per heavy atom. The maximum absolute atomic E-state index is 13.0. The largest absolute Gasteiger partial charge is 0.396 e. The first-order chi connectivity index (χ1) is 10.1. The minimum absolute atomic E-state index is 0.204. The molecule has 3 rings (SSSR count). The van der Waals surface area contributed by atoms with Crippen molar-refractivity contribution in [3.05, 3.63) is 46.8 Å². The van der Waals surface area contributed by atoms with Gasteiger partial charge >= 0.3 is 0 Å². The van der Waals surface area contributed by atoms with Crippen LogP contribution < -0.4 is 15.5 Å². The van der Waals surface area contributed by atoms with Gasteiger partial charge in [-0.25, -0.2) is 9.37 Å². The van der Waals surface area contributed by atoms with E-state index in [1.807, 2.05) is 18.2 Å². The third-order valence-corrected chi connectivity index (χ3v) is 4.07. The number of aromatic nitrogens is 1. The van der Waals surface area contributed by atoms with Gasteiger partial charge in [-0.15, -0.1) is 0 Å². The molecule has 6 heteroatoms. The summed E-state index contributed by atoms with van der Waals surface area (Å²) in [6.07, 6.45) is 1.76. The molecule has 2 heterocycles. The number of rotatable bonds is 2. The van der Waals surface area contributed by atoms with E-state index in [9.17, 15) is 4.39 Å². The summed E-state index contributed by atoms with van der Waals surface area (Å²) in [6.45, 7) is 3.41. The summed E-state index contributed by atoms with van der Waals surface area (Å²) < 4.78 is 13.8. The number of nitrogen functional groups attached to an aromatic ring is 1. The van der Waals surface area contributed by atoms with Crippen molar-refractivity contribution in [2.24, 2.45) is 0 Å². The molecule has 0 spiro atoms. The number of hydrogen-bond donors (Lipinski definition) is 1. The van der Waals surface area contributed by atoms with E-state index in [0.717, 1.165) is 42.2 Å². The van der Waals surface area contributed by atoms with E-state index in [-0.39, 0.29) is 5.82 Å². The predicted molar refractivity (Wildman–Crippen MR) is 87.2 cm³/mol. The second-order valence-electron chi connectivity index (χ2n) is 5.02. The number of halogens is 2. The molecule has 2 aromatic rings. The van der Waals surface area contributed by atoms with E-state index in [0.29, 0.717) is 5.69 Å². The highest BCUT2D eigenvalue weighted by molar-refractivity contribution is 9.10. The Morgan fingerprint density at radius 3 is 2.29 bits per heavy atom. The van der Waals surface area contributed by atoms with Crippen LogP contribution in [0, 0.1) is 5.82 Å². The maximum Gasteiger partial charge on any atom is 0.151 e. The first-order valence-corrected chi connectivity index (χ1v) is 7.59. The molecule has 4 nitrogen and oxygen atoms in total. The van der Waals surface area contributed by atoms with Gasteiger partial charge in [-0.1, -0.05) is 0 Å². The zero-order chi connectivity index (χ0) is 14.8. The lowest BCUT2D eigenvalue weighted by molar-refractivity contribution is 0.624. The molecule has 0 radical (unpaired) electrons. The van der Waals surface area contributed by atoms with E-state index in [4.69, 9.17) is 5.73 Å². The van der Waals surface area contributed by atoms with E-state index in [1.54, 1.807) is 6.20 Å². The minimum atomic E-state index is -0.204. The van der Waals surface area contributed by atoms with Gasteiger partial charge < -0.3 is 15.5 Å². The molecule has 0 aliphatic carbocycles. The van der Waals surface area contributed by atoms with Crippen molar-refractivity contribution in [1.82, 2.24) is 4.98 Å². The molecule has 110 valence electrons. The van der Waals surface area contributed by atoms with Gasteiger partial charge in [0.2, 0.25) is 0 Å². The van der Waals surface area contributed by atoms with Crippen LogP contribution in [0.25, 0.3) is 0 Å². The molecule has 1 aromatic heterocycles. The smallest absolute Gasteiger partial charge is 0.151 e. The average molecular weight is 351 g/mol. The highest BCUT2D eigenvalue weighted by Crippen LogP contribution is 2.25. The summed E-state index contributed by atoms with van der Waals surface area (Å²) in [5.74, 6) is 0.626. The van der Waals surface area contributed by atoms with E-state index >= 15 is 0 Å². The van der Waals surface area contributed by atoms with Crippen LogP contribution in [0.2, 0.25) is 0 Å². The second-order valence-corrected chi connectivity index (χ2v) is 5.93. The molecule has 1 saturated heterocycles. The summed E-state index contributed by atoms with van der Waals surface area (Å²) in [5, 5.41) is 0. The van der Waals surface area contributed by atoms with Gasteiger partial charge in [-0.05, 0) is 46.3 Å². The molecular weight excluding hydrogens is 335 g/mol. The zero-order valence-electron chi connectivity index (χ0n) is 11.5. The molecule has 21 heavy (non-hydrogen) atoms. The number of anilines is 3. The fourth-order valence-corrected chi connectivity index (χ4v) is 2.89. The molecule has 1 aromatic carbocycles. The summed E-state index contributed by atoms with van der Waals surface area (Å²) in [4.78, 5) is 8.82. The number of hydrogen-bond acceptors (Lipinski definition) is 4. The number of nitrogens with two attached hydrogens (primary N) is 1. The molecule has 1 aliphatic heterocycles. The summed E-state index contributed by atoms with van der Waals surface area (Å²) in [7, 11) is 0. The van der Waals surface area contributed by atoms with E-state index in [1.165, 1.54) is 12.1 Å². The fraction of sp³-hybridized carbons (Fsp3) is 0.267. The summed E-state index contributed by atoms with van der Waals surface area (Å²) >= 11 is 3.37. The van der Waals surface area contributed by atoms with Gasteiger partial charge in [0, 0.05) is 42.5 Å². The van der Waals surface area contributed by atoms with Crippen LogP contribution in [0.1, 0.15) is 0 Å². The number of pyridine rings is 1. The van der Waals surface area contributed by atoms with Crippen molar-refractivity contribution in [3.63, 3.8) is 0 Å². The molecule has 0 unspecified atom stereocenters. The third-order valence-electron chi connectivity index (χ3n) is 3.63. The minimum Gasteiger partial charge on any atom is -0.396 e. The second kappa shape index (κ2) is 5.89. The molecule has 0 atom stereocenters. The predicted octanol–water partition coefficient (Wildman–Crippen LogP) is 2.89. The van der Waals surface area contributed by atoms with Crippen molar-refractivity contribution in [2.75, 3.05) is 41.7 Å². The lowest BCUT2D eigenvalue weighted by Gasteiger charge is -2.37. The van der Waals surface area contributed by atoms with Crippen LogP contribution in [0.3, 0.4) is 0 Å². The van der Waals surface area contributed by atoms with Crippen molar-refractivity contribution in [1.29, 1.82) is 0 Å². The molecule has 2 N–H and O–H groups in total. The molecular formula is C15H16BrFN4. The summed E-state index contributed by atoms with van der Waals surface area (Å²) in [6, 6.07) is 8.50. The first-order valence-electron chi connectivity index (χ1n) is 6.80. The lowest BCUT2D eigenvalue weighted by atomic mass is 10.2. The Bertz CT molecular complexity index is 624. The maximum atomic E-state index is 13.0. The van der Waals surface area contributed by atoms with Gasteiger partial charge in [-0.3, -0.25) is 0 Å². The zero-order valence-corrected chi connectivity index (χ0v) is 13.1. The van der Waals surface area contributed by atoms with Gasteiger partial charge in [0.25, 0.3) is 0 Å². The molecule has 1 aliphatic rings. The Hall–Kier alpha value is -1.82. The van der Waals surface area contributed by atoms with Crippen LogP contribution in [0.5, 0.6) is 0 Å². The van der Waals surface area contributed by atoms with E-state index < -0.39 is 0 Å². The SMILES string of the molecule is Nc1cc(Br)cnc1N1CCN(c2ccc(F)cc2)CC1. The Labute approximate surface area is 131 Å². The Kier molecular flexibility index (Phi) is 3.96. The van der Waals surface area contributed by atoms with Crippen LogP contribution >= 0.6 is 15.9 Å². The lowest BCUT2D eigenvalue weighted by Crippen LogP contribution is -2.47. The number of benzene rings is 1. The highest BCUT2D eigenvalue weighted by atomic mass is 79.9. The Morgan fingerprint density at radius 2 is 1.67 bits per heavy atom. The Balaban J connectivity index is 1.68. The van der Waals surface area contributed by atoms with Crippen LogP contribution in [0.4, 0.5) is 21.6 Å². The van der Waals surface area contributed by atoms with Crippen LogP contribution in [0.15, 0.2) is 41.0 Å². The molecule has 0 amide bonds. The van der Waals surface area contributed by atoms with E-state index in [2.05, 4.69) is 30.7 Å². The summed E-state index contributed by atoms with van der Waals surface area (Å²) in [5.41, 5.74) is 7.75. The van der Waals surface area contributed by atoms with Crippen LogP contribution in [-0.4, -0.2) is 31.2 Å². The number of nitrogens with zero attached hydrogens (tertiary/aromatic N) is 3. The van der Waals surface area contributed by atoms with Gasteiger partial charge in [0.15, 0.2) is 5.82 Å². The third kappa shape index (κ3) is 3.10. The topological polar surface area (TPSA) is 45.4 Å². The van der Waals surface area contributed by atoms with Gasteiger partial charge in [0.05, 0.1) is 5.69 Å². The quantitative estimate of drug-likeness (QED) is 0.904. The molecule has 0 bridgehead atoms. The van der Waals surface area contributed by atoms with Crippen molar-refractivity contribution < 1.29 is 4.39 Å². The van der Waals surface area contributed by atoms with Gasteiger partial charge in [0.1, 0.15) is 5.82 Å². The standard InChI is InChI=1S/C15H16BrFN4/c16-11-9-14(18)15(19-10-11)21-7-5-20(6-8-21)13-3-1-12(17)2-4-13/h1-4,9-10H,5-8,18H2. The van der Waals surface area contributed by atoms with Crippen LogP contribution in [-0.2, 0) is 0 Å². The average Bonchev–Trinajstić information content (AvgIpc) is 2.48. The van der Waals surface area contributed by atoms with Crippen molar-refractivity contribution >= 4 is 33.1 Å². The molecule has 1 fully saturated rings. The molecule has 0 saturated carbocycles.